The van der Waals surface area contributed by atoms with E-state index in [4.69, 9.17) is 4.84 Å². The van der Waals surface area contributed by atoms with Crippen LogP contribution in [0, 0.1) is 27.4 Å². The van der Waals surface area contributed by atoms with Gasteiger partial charge in [-0.1, -0.05) is 19.1 Å². The molecule has 2 aromatic rings. The van der Waals surface area contributed by atoms with Gasteiger partial charge in [0.1, 0.15) is 5.75 Å². The maximum atomic E-state index is 10.8. The predicted octanol–water partition coefficient (Wildman–Crippen LogP) is 5.37. The summed E-state index contributed by atoms with van der Waals surface area (Å²) in [4.78, 5) is 16.2. The normalized spacial score (nSPS) is 28.8. The third-order valence-corrected chi connectivity index (χ3v) is 7.86. The van der Waals surface area contributed by atoms with E-state index in [1.54, 1.807) is 12.1 Å². The van der Waals surface area contributed by atoms with E-state index in [0.717, 1.165) is 31.2 Å². The Bertz CT molecular complexity index is 1030. The number of aryl methyl sites for hydroxylation is 1. The van der Waals surface area contributed by atoms with Crippen LogP contribution >= 0.6 is 0 Å². The van der Waals surface area contributed by atoms with Crippen molar-refractivity contribution in [1.29, 1.82) is 0 Å². The SMILES string of the molecule is C[C@]12CC[C@@H]3c4ccc(O)cc4CC[C@H]3[C@@H]1CC=C2NOCc1ccc([N+](=O)[O-])cc1. The molecular weight excluding hydrogens is 392 g/mol. The lowest BCUT2D eigenvalue weighted by Gasteiger charge is -2.50. The maximum absolute atomic E-state index is 10.8. The van der Waals surface area contributed by atoms with E-state index in [-0.39, 0.29) is 11.1 Å². The summed E-state index contributed by atoms with van der Waals surface area (Å²) in [6, 6.07) is 12.4. The Morgan fingerprint density at radius 3 is 2.81 bits per heavy atom. The summed E-state index contributed by atoms with van der Waals surface area (Å²) in [7, 11) is 0. The molecule has 2 aromatic carbocycles. The summed E-state index contributed by atoms with van der Waals surface area (Å²) in [5.74, 6) is 2.20. The van der Waals surface area contributed by atoms with Crippen molar-refractivity contribution in [3.05, 3.63) is 81.0 Å². The van der Waals surface area contributed by atoms with Crippen LogP contribution in [-0.2, 0) is 17.9 Å². The first-order chi connectivity index (χ1) is 15.0. The molecular formula is C25H28N2O4. The number of fused-ring (bicyclic) bond motifs is 5. The first-order valence-electron chi connectivity index (χ1n) is 11.1. The molecule has 3 aliphatic carbocycles. The molecule has 5 rings (SSSR count). The van der Waals surface area contributed by atoms with Gasteiger partial charge in [0.25, 0.3) is 5.69 Å². The van der Waals surface area contributed by atoms with Gasteiger partial charge in [-0.3, -0.25) is 20.4 Å². The molecule has 162 valence electrons. The number of rotatable bonds is 5. The van der Waals surface area contributed by atoms with Crippen LogP contribution in [0.15, 0.2) is 54.2 Å². The van der Waals surface area contributed by atoms with Gasteiger partial charge in [0, 0.05) is 23.2 Å². The molecule has 6 heteroatoms. The lowest BCUT2D eigenvalue weighted by molar-refractivity contribution is -0.384. The fraction of sp³-hybridized carbons (Fsp3) is 0.440. The Kier molecular flexibility index (Phi) is 4.97. The fourth-order valence-electron chi connectivity index (χ4n) is 6.21. The minimum Gasteiger partial charge on any atom is -0.508 e. The second-order valence-electron chi connectivity index (χ2n) is 9.42. The number of hydrogen-bond donors (Lipinski definition) is 2. The van der Waals surface area contributed by atoms with Gasteiger partial charge in [-0.2, -0.15) is 0 Å². The third-order valence-electron chi connectivity index (χ3n) is 7.86. The van der Waals surface area contributed by atoms with Crippen LogP contribution in [0.5, 0.6) is 5.75 Å². The van der Waals surface area contributed by atoms with E-state index in [9.17, 15) is 15.2 Å². The van der Waals surface area contributed by atoms with Crippen LogP contribution in [0.2, 0.25) is 0 Å². The summed E-state index contributed by atoms with van der Waals surface area (Å²) in [6.45, 7) is 2.72. The van der Waals surface area contributed by atoms with Gasteiger partial charge in [0.15, 0.2) is 0 Å². The maximum Gasteiger partial charge on any atom is 0.269 e. The van der Waals surface area contributed by atoms with Crippen LogP contribution in [0.3, 0.4) is 0 Å². The number of nitrogens with zero attached hydrogens (tertiary/aromatic N) is 1. The van der Waals surface area contributed by atoms with Crippen LogP contribution in [0.4, 0.5) is 5.69 Å². The van der Waals surface area contributed by atoms with Gasteiger partial charge in [0.05, 0.1) is 11.5 Å². The number of benzene rings is 2. The molecule has 6 nitrogen and oxygen atoms in total. The number of phenols is 1. The van der Waals surface area contributed by atoms with E-state index in [1.807, 2.05) is 12.1 Å². The Balaban J connectivity index is 1.24. The molecule has 0 amide bonds. The number of nitro benzene ring substituents is 1. The zero-order chi connectivity index (χ0) is 21.6. The standard InChI is InChI=1S/C25H28N2O4/c1-25-13-12-21-20-9-7-19(28)14-17(20)4-8-22(21)23(25)10-11-24(25)26-31-15-16-2-5-18(6-3-16)27(29)30/h2-3,5-7,9,11,14,21-23,26,28H,4,8,10,12-13,15H2,1H3/t21-,22-,23+,25+/m1/s1. The smallest absolute Gasteiger partial charge is 0.269 e. The third kappa shape index (κ3) is 3.49. The minimum absolute atomic E-state index is 0.0884. The molecule has 0 saturated heterocycles. The van der Waals surface area contributed by atoms with E-state index < -0.39 is 4.92 Å². The Morgan fingerprint density at radius 1 is 1.23 bits per heavy atom. The number of hydrogen-bond acceptors (Lipinski definition) is 5. The molecule has 0 bridgehead atoms. The van der Waals surface area contributed by atoms with Crippen LogP contribution in [-0.4, -0.2) is 10.0 Å². The molecule has 4 atom stereocenters. The molecule has 0 aromatic heterocycles. The number of non-ortho nitro benzene ring substituents is 1. The van der Waals surface area contributed by atoms with E-state index in [2.05, 4.69) is 24.5 Å². The highest BCUT2D eigenvalue weighted by Gasteiger charge is 2.52. The first kappa shape index (κ1) is 20.1. The number of allylic oxidation sites excluding steroid dienone is 2. The second kappa shape index (κ2) is 7.68. The summed E-state index contributed by atoms with van der Waals surface area (Å²) in [6.07, 6.45) is 7.84. The molecule has 1 fully saturated rings. The van der Waals surface area contributed by atoms with Gasteiger partial charge in [-0.05, 0) is 90.8 Å². The first-order valence-corrected chi connectivity index (χ1v) is 11.1. The molecule has 0 aliphatic heterocycles. The van der Waals surface area contributed by atoms with Crippen molar-refractivity contribution in [3.63, 3.8) is 0 Å². The average molecular weight is 421 g/mol. The Labute approximate surface area is 182 Å². The highest BCUT2D eigenvalue weighted by molar-refractivity contribution is 5.41. The van der Waals surface area contributed by atoms with Crippen LogP contribution in [0.1, 0.15) is 55.2 Å². The van der Waals surface area contributed by atoms with E-state index in [1.165, 1.54) is 35.4 Å². The molecule has 0 radical (unpaired) electrons. The largest absolute Gasteiger partial charge is 0.508 e. The van der Waals surface area contributed by atoms with E-state index in [0.29, 0.717) is 30.1 Å². The summed E-state index contributed by atoms with van der Waals surface area (Å²) in [5.41, 5.74) is 8.23. The molecule has 0 unspecified atom stereocenters. The van der Waals surface area contributed by atoms with Gasteiger partial charge in [-0.25, -0.2) is 0 Å². The zero-order valence-corrected chi connectivity index (χ0v) is 17.7. The number of aromatic hydroxyl groups is 1. The summed E-state index contributed by atoms with van der Waals surface area (Å²) in [5, 5.41) is 20.6. The van der Waals surface area contributed by atoms with Gasteiger partial charge in [-0.15, -0.1) is 0 Å². The Morgan fingerprint density at radius 2 is 2.03 bits per heavy atom. The fourth-order valence-corrected chi connectivity index (χ4v) is 6.21. The van der Waals surface area contributed by atoms with Gasteiger partial charge in [0.2, 0.25) is 0 Å². The van der Waals surface area contributed by atoms with Crippen molar-refractivity contribution < 1.29 is 14.9 Å². The number of nitrogens with one attached hydrogen (secondary N) is 1. The summed E-state index contributed by atoms with van der Waals surface area (Å²) >= 11 is 0. The van der Waals surface area contributed by atoms with Crippen molar-refractivity contribution in [3.8, 4) is 5.75 Å². The van der Waals surface area contributed by atoms with Crippen molar-refractivity contribution in [1.82, 2.24) is 5.48 Å². The second-order valence-corrected chi connectivity index (χ2v) is 9.42. The van der Waals surface area contributed by atoms with Crippen molar-refractivity contribution >= 4 is 5.69 Å². The lowest BCUT2D eigenvalue weighted by atomic mass is 9.55. The van der Waals surface area contributed by atoms with E-state index >= 15 is 0 Å². The topological polar surface area (TPSA) is 84.6 Å². The summed E-state index contributed by atoms with van der Waals surface area (Å²) < 4.78 is 0. The quantitative estimate of drug-likeness (QED) is 0.502. The average Bonchev–Trinajstić information content (AvgIpc) is 3.10. The predicted molar refractivity (Wildman–Crippen MR) is 117 cm³/mol. The number of hydroxylamine groups is 1. The molecule has 0 heterocycles. The monoisotopic (exact) mass is 420 g/mol. The molecule has 1 saturated carbocycles. The molecule has 3 aliphatic rings. The zero-order valence-electron chi connectivity index (χ0n) is 17.7. The van der Waals surface area contributed by atoms with Crippen molar-refractivity contribution in [2.75, 3.05) is 0 Å². The van der Waals surface area contributed by atoms with Crippen molar-refractivity contribution in [2.45, 2.75) is 51.6 Å². The van der Waals surface area contributed by atoms with Gasteiger partial charge >= 0.3 is 0 Å². The van der Waals surface area contributed by atoms with Crippen LogP contribution in [0.25, 0.3) is 0 Å². The minimum atomic E-state index is -0.393. The number of nitro groups is 1. The van der Waals surface area contributed by atoms with Crippen molar-refractivity contribution in [2.24, 2.45) is 17.3 Å². The highest BCUT2D eigenvalue weighted by atomic mass is 16.6. The van der Waals surface area contributed by atoms with Crippen LogP contribution < -0.4 is 5.48 Å². The Hall–Kier alpha value is -2.86. The molecule has 2 N–H and O–H groups in total. The molecule has 0 spiro atoms. The lowest BCUT2D eigenvalue weighted by Crippen LogP contribution is -2.43. The highest BCUT2D eigenvalue weighted by Crippen LogP contribution is 2.60. The van der Waals surface area contributed by atoms with Gasteiger partial charge < -0.3 is 5.11 Å². The number of phenolic OH excluding ortho intramolecular Hbond substituents is 1. The molecule has 31 heavy (non-hydrogen) atoms.